The summed E-state index contributed by atoms with van der Waals surface area (Å²) in [7, 11) is 0. The number of allylic oxidation sites excluding steroid dienone is 1. The standard InChI is InChI=1S/C4H5N.2C2H6/c1-2-4-5-3-1;2*1-2/h1,3-4H,2H2;2*1-2H3. The fourth-order valence-electron chi connectivity index (χ4n) is 0.304. The highest BCUT2D eigenvalue weighted by molar-refractivity contribution is 5.62. The molecule has 0 saturated heterocycles. The fraction of sp³-hybridized carbons (Fsp3) is 0.625. The Bertz CT molecular complexity index is 62.6. The molecule has 1 nitrogen and oxygen atoms in total. The molecule has 0 aromatic carbocycles. The van der Waals surface area contributed by atoms with Crippen LogP contribution in [0.4, 0.5) is 0 Å². The summed E-state index contributed by atoms with van der Waals surface area (Å²) in [6.45, 7) is 8.00. The van der Waals surface area contributed by atoms with Crippen LogP contribution >= 0.6 is 0 Å². The monoisotopic (exact) mass is 127 g/mol. The van der Waals surface area contributed by atoms with E-state index in [1.807, 2.05) is 40.0 Å². The molecule has 54 valence electrons. The van der Waals surface area contributed by atoms with Crippen molar-refractivity contribution in [3.63, 3.8) is 0 Å². The van der Waals surface area contributed by atoms with Crippen LogP contribution in [0.25, 0.3) is 0 Å². The molecular weight excluding hydrogens is 110 g/mol. The summed E-state index contributed by atoms with van der Waals surface area (Å²) in [4.78, 5) is 3.78. The minimum Gasteiger partial charge on any atom is -0.269 e. The van der Waals surface area contributed by atoms with Gasteiger partial charge in [-0.25, -0.2) is 0 Å². The van der Waals surface area contributed by atoms with Crippen molar-refractivity contribution in [1.82, 2.24) is 0 Å². The van der Waals surface area contributed by atoms with Crippen LogP contribution in [0, 0.1) is 0 Å². The lowest BCUT2D eigenvalue weighted by Crippen LogP contribution is -1.51. The molecule has 0 unspecified atom stereocenters. The lowest BCUT2D eigenvalue weighted by atomic mass is 10.5. The van der Waals surface area contributed by atoms with Crippen molar-refractivity contribution in [2.24, 2.45) is 4.99 Å². The summed E-state index contributed by atoms with van der Waals surface area (Å²) < 4.78 is 0. The highest BCUT2D eigenvalue weighted by Gasteiger charge is 1.73. The number of aliphatic imine (C=N–C) groups is 1. The third kappa shape index (κ3) is 11.2. The van der Waals surface area contributed by atoms with E-state index in [1.54, 1.807) is 6.20 Å². The smallest absolute Gasteiger partial charge is 0.0227 e. The predicted octanol–water partition coefficient (Wildman–Crippen LogP) is 3.03. The first-order valence-corrected chi connectivity index (χ1v) is 3.67. The molecule has 0 aromatic rings. The summed E-state index contributed by atoms with van der Waals surface area (Å²) in [6.07, 6.45) is 6.72. The Morgan fingerprint density at radius 2 is 1.67 bits per heavy atom. The summed E-state index contributed by atoms with van der Waals surface area (Å²) in [5, 5.41) is 0. The Labute approximate surface area is 58.5 Å². The van der Waals surface area contributed by atoms with Gasteiger partial charge in [-0.05, 0) is 0 Å². The first kappa shape index (κ1) is 11.2. The molecule has 0 spiro atoms. The molecule has 0 fully saturated rings. The molecule has 1 heteroatoms. The summed E-state index contributed by atoms with van der Waals surface area (Å²) >= 11 is 0. The van der Waals surface area contributed by atoms with Crippen LogP contribution < -0.4 is 0 Å². The van der Waals surface area contributed by atoms with E-state index in [-0.39, 0.29) is 0 Å². The average Bonchev–Trinajstić information content (AvgIpc) is 2.51. The second-order valence-corrected chi connectivity index (χ2v) is 0.952. The van der Waals surface area contributed by atoms with Crippen LogP contribution in [0.15, 0.2) is 17.3 Å². The number of hydrogen-bond acceptors (Lipinski definition) is 1. The fourth-order valence-corrected chi connectivity index (χ4v) is 0.304. The third-order valence-electron chi connectivity index (χ3n) is 0.538. The molecule has 0 atom stereocenters. The SMILES string of the molecule is C1=CN=CC1.CC.CC. The second-order valence-electron chi connectivity index (χ2n) is 0.952. The molecule has 0 amide bonds. The number of nitrogens with zero attached hydrogens (tertiary/aromatic N) is 1. The van der Waals surface area contributed by atoms with Gasteiger partial charge >= 0.3 is 0 Å². The van der Waals surface area contributed by atoms with Crippen LogP contribution in [0.2, 0.25) is 0 Å². The van der Waals surface area contributed by atoms with E-state index < -0.39 is 0 Å². The molecule has 1 rings (SSSR count). The molecule has 0 radical (unpaired) electrons. The van der Waals surface area contributed by atoms with Crippen LogP contribution in [-0.4, -0.2) is 6.21 Å². The van der Waals surface area contributed by atoms with Gasteiger partial charge in [0.1, 0.15) is 0 Å². The number of rotatable bonds is 0. The molecule has 9 heavy (non-hydrogen) atoms. The van der Waals surface area contributed by atoms with Crippen molar-refractivity contribution in [3.8, 4) is 0 Å². The Kier molecular flexibility index (Phi) is 19.5. The Hall–Kier alpha value is -0.590. The lowest BCUT2D eigenvalue weighted by molar-refractivity contribution is 1.50. The van der Waals surface area contributed by atoms with E-state index in [4.69, 9.17) is 0 Å². The zero-order valence-corrected chi connectivity index (χ0v) is 6.89. The quantitative estimate of drug-likeness (QED) is 0.474. The molecule has 0 N–H and O–H groups in total. The molecule has 0 saturated carbocycles. The van der Waals surface area contributed by atoms with Gasteiger partial charge in [0.25, 0.3) is 0 Å². The molecule has 1 aliphatic rings. The Morgan fingerprint density at radius 3 is 1.78 bits per heavy atom. The summed E-state index contributed by atoms with van der Waals surface area (Å²) in [5.41, 5.74) is 0. The van der Waals surface area contributed by atoms with Crippen molar-refractivity contribution >= 4 is 6.21 Å². The maximum absolute atomic E-state index is 3.78. The summed E-state index contributed by atoms with van der Waals surface area (Å²) in [5.74, 6) is 0. The van der Waals surface area contributed by atoms with Gasteiger partial charge in [-0.15, -0.1) is 0 Å². The van der Waals surface area contributed by atoms with Gasteiger partial charge < -0.3 is 0 Å². The number of hydrogen-bond donors (Lipinski definition) is 0. The van der Waals surface area contributed by atoms with Crippen molar-refractivity contribution in [2.75, 3.05) is 0 Å². The third-order valence-corrected chi connectivity index (χ3v) is 0.538. The summed E-state index contributed by atoms with van der Waals surface area (Å²) in [6, 6.07) is 0. The van der Waals surface area contributed by atoms with E-state index in [0.29, 0.717) is 0 Å². The molecule has 1 heterocycles. The van der Waals surface area contributed by atoms with Gasteiger partial charge in [0.05, 0.1) is 0 Å². The van der Waals surface area contributed by atoms with Crippen molar-refractivity contribution in [1.29, 1.82) is 0 Å². The maximum Gasteiger partial charge on any atom is 0.0227 e. The van der Waals surface area contributed by atoms with E-state index in [9.17, 15) is 0 Å². The van der Waals surface area contributed by atoms with Crippen LogP contribution in [-0.2, 0) is 0 Å². The minimum absolute atomic E-state index is 1.03. The molecular formula is C8H17N. The van der Waals surface area contributed by atoms with Gasteiger partial charge in [-0.2, -0.15) is 0 Å². The zero-order valence-electron chi connectivity index (χ0n) is 6.89. The zero-order chi connectivity index (χ0) is 7.54. The van der Waals surface area contributed by atoms with Gasteiger partial charge in [-0.3, -0.25) is 4.99 Å². The molecule has 0 aliphatic carbocycles. The largest absolute Gasteiger partial charge is 0.269 e. The molecule has 1 aliphatic heterocycles. The van der Waals surface area contributed by atoms with Crippen molar-refractivity contribution in [2.45, 2.75) is 34.1 Å². The molecule has 0 bridgehead atoms. The van der Waals surface area contributed by atoms with Crippen molar-refractivity contribution in [3.05, 3.63) is 12.3 Å². The van der Waals surface area contributed by atoms with E-state index in [2.05, 4.69) is 4.99 Å². The lowest BCUT2D eigenvalue weighted by Gasteiger charge is -1.54. The van der Waals surface area contributed by atoms with Gasteiger partial charge in [0.15, 0.2) is 0 Å². The predicted molar refractivity (Wildman–Crippen MR) is 44.9 cm³/mol. The minimum atomic E-state index is 1.03. The first-order chi connectivity index (χ1) is 4.50. The van der Waals surface area contributed by atoms with E-state index in [0.717, 1.165) is 6.42 Å². The Balaban J connectivity index is 0. The highest BCUT2D eigenvalue weighted by atomic mass is 14.7. The molecule has 0 aromatic heterocycles. The Morgan fingerprint density at radius 1 is 1.11 bits per heavy atom. The second kappa shape index (κ2) is 15.7. The van der Waals surface area contributed by atoms with E-state index >= 15 is 0 Å². The maximum atomic E-state index is 3.78. The highest BCUT2D eigenvalue weighted by Crippen LogP contribution is 1.86. The average molecular weight is 127 g/mol. The van der Waals surface area contributed by atoms with Gasteiger partial charge in [-0.1, -0.05) is 33.8 Å². The normalized spacial score (nSPS) is 11.1. The van der Waals surface area contributed by atoms with Crippen LogP contribution in [0.5, 0.6) is 0 Å². The topological polar surface area (TPSA) is 12.4 Å². The van der Waals surface area contributed by atoms with Crippen LogP contribution in [0.1, 0.15) is 34.1 Å². The van der Waals surface area contributed by atoms with Crippen molar-refractivity contribution < 1.29 is 0 Å². The van der Waals surface area contributed by atoms with Gasteiger partial charge in [0.2, 0.25) is 0 Å². The van der Waals surface area contributed by atoms with Gasteiger partial charge in [0, 0.05) is 18.8 Å². The van der Waals surface area contributed by atoms with E-state index in [1.165, 1.54) is 0 Å². The van der Waals surface area contributed by atoms with Crippen LogP contribution in [0.3, 0.4) is 0 Å². The first-order valence-electron chi connectivity index (χ1n) is 3.67.